The summed E-state index contributed by atoms with van der Waals surface area (Å²) in [7, 11) is 0. The van der Waals surface area contributed by atoms with Crippen molar-refractivity contribution in [2.75, 3.05) is 34.4 Å². The molecule has 0 bridgehead atoms. The van der Waals surface area contributed by atoms with Gasteiger partial charge in [-0.05, 0) is 233 Å². The third-order valence-electron chi connectivity index (χ3n) is 19.5. The van der Waals surface area contributed by atoms with Crippen molar-refractivity contribution in [3.8, 4) is 0 Å². The summed E-state index contributed by atoms with van der Waals surface area (Å²) in [6.45, 7) is 56.2. The average molecular weight is 1700 g/mol. The molecule has 0 atom stereocenters. The normalized spacial score (nSPS) is 10.9. The minimum Gasteiger partial charge on any atom is -0.383 e. The van der Waals surface area contributed by atoms with E-state index in [1.807, 2.05) is 117 Å². The first-order valence-corrected chi connectivity index (χ1v) is 41.2. The second kappa shape index (κ2) is 44.6. The van der Waals surface area contributed by atoms with Crippen LogP contribution in [0.3, 0.4) is 0 Å². The maximum Gasteiger partial charge on any atom is 0.130 e. The molecule has 0 saturated carbocycles. The number of aryl methyl sites for hydroxylation is 6. The van der Waals surface area contributed by atoms with E-state index < -0.39 is 0 Å². The van der Waals surface area contributed by atoms with Gasteiger partial charge in [0.2, 0.25) is 0 Å². The zero-order valence-electron chi connectivity index (χ0n) is 73.4. The molecule has 0 saturated heterocycles. The zero-order chi connectivity index (χ0) is 88.5. The molecular weight excluding hydrogens is 1580 g/mol. The van der Waals surface area contributed by atoms with Crippen LogP contribution in [0.5, 0.6) is 0 Å². The predicted octanol–water partition coefficient (Wildman–Crippen LogP) is 19.6. The Bertz CT molecular complexity index is 5220. The highest BCUT2D eigenvalue weighted by molar-refractivity contribution is 9.10. The number of nitrogen functional groups attached to an aromatic ring is 6. The van der Waals surface area contributed by atoms with E-state index in [1.54, 1.807) is 36.9 Å². The molecule has 0 aromatic carbocycles. The Morgan fingerprint density at radius 2 is 0.508 bits per heavy atom. The lowest BCUT2D eigenvalue weighted by Gasteiger charge is -2.15. The Labute approximate surface area is 722 Å². The number of aromatic nitrogens is 18. The Hall–Kier alpha value is -12.1. The molecule has 12 rings (SSSR count). The number of hydrogen-bond donors (Lipinski definition) is 6. The van der Waals surface area contributed by atoms with Crippen LogP contribution in [-0.2, 0) is 38.5 Å². The quantitative estimate of drug-likeness (QED) is 0.0343. The van der Waals surface area contributed by atoms with E-state index in [0.717, 1.165) is 83.9 Å². The van der Waals surface area contributed by atoms with Crippen LogP contribution >= 0.6 is 27.5 Å². The van der Waals surface area contributed by atoms with Gasteiger partial charge in [-0.15, -0.1) is 0 Å². The minimum atomic E-state index is 0.382. The van der Waals surface area contributed by atoms with Crippen LogP contribution in [-0.4, -0.2) is 89.7 Å². The Kier molecular flexibility index (Phi) is 35.4. The average Bonchev–Trinajstić information content (AvgIpc) is 0.843. The van der Waals surface area contributed by atoms with Crippen molar-refractivity contribution in [1.29, 1.82) is 0 Å². The van der Waals surface area contributed by atoms with Crippen molar-refractivity contribution in [3.63, 3.8) is 0 Å². The van der Waals surface area contributed by atoms with Crippen LogP contribution in [0.15, 0.2) is 142 Å². The highest BCUT2D eigenvalue weighted by atomic mass is 79.9. The molecule has 0 aliphatic heterocycles. The fourth-order valence-corrected chi connectivity index (χ4v) is 13.4. The van der Waals surface area contributed by atoms with E-state index in [9.17, 15) is 0 Å². The fourth-order valence-electron chi connectivity index (χ4n) is 12.9. The molecule has 0 aliphatic rings. The van der Waals surface area contributed by atoms with Crippen molar-refractivity contribution >= 4 is 85.7 Å². The summed E-state index contributed by atoms with van der Waals surface area (Å²) in [5.74, 6) is 9.82. The van der Waals surface area contributed by atoms with Crippen LogP contribution in [0.4, 0.5) is 34.9 Å². The van der Waals surface area contributed by atoms with E-state index >= 15 is 0 Å². The van der Waals surface area contributed by atoms with Gasteiger partial charge in [0.15, 0.2) is 0 Å². The van der Waals surface area contributed by atoms with E-state index in [-0.39, 0.29) is 0 Å². The first-order valence-electron chi connectivity index (χ1n) is 40.0. The lowest BCUT2D eigenvalue weighted by molar-refractivity contribution is 0.835. The topological polar surface area (TPSA) is 388 Å². The van der Waals surface area contributed by atoms with Gasteiger partial charge in [0, 0.05) is 146 Å². The van der Waals surface area contributed by atoms with Gasteiger partial charge in [0.25, 0.3) is 0 Å². The summed E-state index contributed by atoms with van der Waals surface area (Å²) in [5.41, 5.74) is 61.4. The zero-order valence-corrected chi connectivity index (χ0v) is 75.7. The Morgan fingerprint density at radius 1 is 0.300 bits per heavy atom. The van der Waals surface area contributed by atoms with Gasteiger partial charge < -0.3 is 34.4 Å². The number of anilines is 6. The van der Waals surface area contributed by atoms with E-state index in [0.29, 0.717) is 143 Å². The largest absolute Gasteiger partial charge is 0.383 e. The second-order valence-corrected chi connectivity index (χ2v) is 32.7. The number of rotatable bonds is 22. The monoisotopic (exact) mass is 1700 g/mol. The van der Waals surface area contributed by atoms with Crippen LogP contribution in [0.25, 0.3) is 23.3 Å². The Morgan fingerprint density at radius 3 is 0.733 bits per heavy atom. The molecule has 0 spiro atoms. The fraction of sp³-hybridized carbons (Fsp3) is 0.340. The Balaban J connectivity index is 0.000000199. The number of halogens is 2. The molecule has 628 valence electrons. The summed E-state index contributed by atoms with van der Waals surface area (Å²) in [4.78, 5) is 76.8. The van der Waals surface area contributed by atoms with Crippen molar-refractivity contribution in [2.45, 2.75) is 213 Å². The number of nitrogens with two attached hydrogens (primary N) is 6. The van der Waals surface area contributed by atoms with Gasteiger partial charge in [0.05, 0.1) is 22.8 Å². The van der Waals surface area contributed by atoms with Crippen LogP contribution in [0.2, 0.25) is 5.15 Å². The molecule has 12 heterocycles. The van der Waals surface area contributed by atoms with Crippen molar-refractivity contribution in [3.05, 3.63) is 305 Å². The van der Waals surface area contributed by atoms with Gasteiger partial charge >= 0.3 is 0 Å². The van der Waals surface area contributed by atoms with E-state index in [4.69, 9.17) is 46.0 Å². The number of nitrogens with zero attached hydrogens (tertiary/aromatic N) is 18. The van der Waals surface area contributed by atoms with Gasteiger partial charge in [-0.25, -0.2) is 69.8 Å². The molecule has 24 nitrogen and oxygen atoms in total. The number of allylic oxidation sites excluding steroid dienone is 2. The maximum absolute atomic E-state index is 6.01. The van der Waals surface area contributed by atoms with Gasteiger partial charge in [-0.3, -0.25) is 19.9 Å². The molecule has 120 heavy (non-hydrogen) atoms. The smallest absolute Gasteiger partial charge is 0.130 e. The number of hydrogen-bond acceptors (Lipinski definition) is 24. The summed E-state index contributed by atoms with van der Waals surface area (Å²) in [6, 6.07) is 12.2. The third-order valence-corrected chi connectivity index (χ3v) is 20.2. The molecule has 12 aromatic rings. The highest BCUT2D eigenvalue weighted by Crippen LogP contribution is 2.32. The maximum atomic E-state index is 6.01. The molecule has 0 radical (unpaired) electrons. The summed E-state index contributed by atoms with van der Waals surface area (Å²) in [5, 5.41) is 0.492. The van der Waals surface area contributed by atoms with Gasteiger partial charge in [-0.1, -0.05) is 121 Å². The van der Waals surface area contributed by atoms with Crippen LogP contribution in [0.1, 0.15) is 290 Å². The lowest BCUT2D eigenvalue weighted by atomic mass is 9.94. The summed E-state index contributed by atoms with van der Waals surface area (Å²) in [6.07, 6.45) is 30.0. The summed E-state index contributed by atoms with van der Waals surface area (Å²) >= 11 is 9.39. The van der Waals surface area contributed by atoms with Gasteiger partial charge in [-0.2, -0.15) is 0 Å². The molecule has 12 N–H and O–H groups in total. The molecule has 0 amide bonds. The third kappa shape index (κ3) is 28.0. The molecule has 26 heteroatoms. The molecular formula is C94H118BrClN24. The van der Waals surface area contributed by atoms with Crippen molar-refractivity contribution < 1.29 is 0 Å². The van der Waals surface area contributed by atoms with E-state index in [1.165, 1.54) is 61.2 Å². The van der Waals surface area contributed by atoms with Crippen LogP contribution in [0, 0.1) is 41.5 Å². The molecule has 12 aromatic heterocycles. The minimum absolute atomic E-state index is 0.382. The lowest BCUT2D eigenvalue weighted by Crippen LogP contribution is -2.05. The highest BCUT2D eigenvalue weighted by Gasteiger charge is 2.19. The van der Waals surface area contributed by atoms with Crippen LogP contribution < -0.4 is 34.4 Å². The van der Waals surface area contributed by atoms with Gasteiger partial charge in [0.1, 0.15) is 79.6 Å². The molecule has 0 unspecified atom stereocenters. The predicted molar refractivity (Wildman–Crippen MR) is 496 cm³/mol. The number of pyridine rings is 6. The molecule has 0 fully saturated rings. The van der Waals surface area contributed by atoms with Crippen molar-refractivity contribution in [1.82, 2.24) is 89.7 Å². The SMILES string of the molecule is C=C(C)c1cc(Cc2cnc(C)nc2N)c(C(C)C)cn1.C=C(C)c1cc(Cc2cnc(C)nc2N)c(C(C)C)cn1.C=Cc1cc(Cc2cnc(C)nc2N)c(C(C)C)cn1.C=Cc1cc(Cc2cnc(C)nc2N)c(C(C)C)cn1.Cc1ncc(Cc2cc(Br)ncc2C(C)C)c(N)n1.Cc1ncc(Cc2cc(Cl)ncc2C(C)C)c(N)n1. The standard InChI is InChI=1S/2C17H22N4.2C16H20N4.C14H17BrN4.C14H17ClN4/c2*1-10(2)15-9-20-16(11(3)4)7-13(15)6-14-8-19-12(5)21-17(14)18;2*1-5-14-7-12(15(9-19-14)10(2)3)6-13-8-18-11(4)20-16(13)17;2*1-8(2)12-7-18-13(15)5-10(12)4-11-6-17-9(3)19-14(11)16/h2*7-10H,3,6H2,1-2,4-5H3,(H2,18,19,21);2*5,7-10H,1,6H2,2-4H3,(H2,17,18,20);2*5-8H,4H2,1-3H3,(H2,16,17,19). The van der Waals surface area contributed by atoms with E-state index in [2.05, 4.69) is 239 Å². The first-order chi connectivity index (χ1) is 56.7. The second-order valence-electron chi connectivity index (χ2n) is 31.5. The molecule has 0 aliphatic carbocycles. The van der Waals surface area contributed by atoms with Crippen molar-refractivity contribution in [2.24, 2.45) is 0 Å². The first kappa shape index (κ1) is 95.1. The summed E-state index contributed by atoms with van der Waals surface area (Å²) < 4.78 is 0.832.